The predicted molar refractivity (Wildman–Crippen MR) is 108 cm³/mol. The Labute approximate surface area is 183 Å². The van der Waals surface area contributed by atoms with Crippen molar-refractivity contribution < 1.29 is 47.7 Å². The van der Waals surface area contributed by atoms with Crippen molar-refractivity contribution in [3.8, 4) is 0 Å². The molecule has 0 saturated carbocycles. The molecule has 12 heteroatoms. The van der Waals surface area contributed by atoms with Crippen molar-refractivity contribution in [2.45, 2.75) is 12.1 Å². The van der Waals surface area contributed by atoms with Crippen LogP contribution in [-0.2, 0) is 47.7 Å². The molecule has 0 aromatic heterocycles. The maximum absolute atomic E-state index is 12.2. The molecule has 0 rings (SSSR count). The SMILES string of the molecule is C=CC(=O)OCC(COC(=O)C=C)NC(=O)C(=O)NC(COC(=O)C=C)COC(=O)C=C. The zero-order chi connectivity index (χ0) is 24.5. The van der Waals surface area contributed by atoms with E-state index in [9.17, 15) is 28.8 Å². The van der Waals surface area contributed by atoms with E-state index in [4.69, 9.17) is 18.9 Å². The molecule has 0 aromatic carbocycles. The molecule has 0 unspecified atom stereocenters. The van der Waals surface area contributed by atoms with Gasteiger partial charge >= 0.3 is 35.7 Å². The Balaban J connectivity index is 5.08. The Morgan fingerprint density at radius 1 is 0.531 bits per heavy atom. The molecule has 32 heavy (non-hydrogen) atoms. The molecule has 0 atom stereocenters. The van der Waals surface area contributed by atoms with Crippen LogP contribution in [-0.4, -0.2) is 74.2 Å². The first-order valence-corrected chi connectivity index (χ1v) is 8.94. The molecule has 0 saturated heterocycles. The first-order chi connectivity index (χ1) is 15.2. The van der Waals surface area contributed by atoms with Crippen LogP contribution in [0.15, 0.2) is 50.6 Å². The van der Waals surface area contributed by atoms with Gasteiger partial charge in [0.25, 0.3) is 0 Å². The van der Waals surface area contributed by atoms with Gasteiger partial charge in [-0.15, -0.1) is 0 Å². The molecule has 0 aliphatic carbocycles. The average Bonchev–Trinajstić information content (AvgIpc) is 2.80. The molecule has 0 aromatic rings. The molecular weight excluding hydrogens is 428 g/mol. The Bertz CT molecular complexity index is 662. The van der Waals surface area contributed by atoms with Gasteiger partial charge in [-0.25, -0.2) is 19.2 Å². The highest BCUT2D eigenvalue weighted by Gasteiger charge is 2.24. The lowest BCUT2D eigenvalue weighted by atomic mass is 10.3. The van der Waals surface area contributed by atoms with Gasteiger partial charge in [-0.1, -0.05) is 26.3 Å². The van der Waals surface area contributed by atoms with Crippen LogP contribution in [0.25, 0.3) is 0 Å². The number of hydrogen-bond acceptors (Lipinski definition) is 10. The molecule has 2 amide bonds. The second kappa shape index (κ2) is 15.6. The van der Waals surface area contributed by atoms with Crippen molar-refractivity contribution in [3.63, 3.8) is 0 Å². The first-order valence-electron chi connectivity index (χ1n) is 8.94. The Morgan fingerprint density at radius 2 is 0.750 bits per heavy atom. The van der Waals surface area contributed by atoms with Crippen LogP contribution in [0, 0.1) is 0 Å². The van der Waals surface area contributed by atoms with Crippen LogP contribution in [0.1, 0.15) is 0 Å². The molecule has 0 fully saturated rings. The minimum atomic E-state index is -1.20. The molecule has 174 valence electrons. The third-order valence-corrected chi connectivity index (χ3v) is 3.25. The zero-order valence-electron chi connectivity index (χ0n) is 17.2. The van der Waals surface area contributed by atoms with E-state index < -0.39 is 74.2 Å². The summed E-state index contributed by atoms with van der Waals surface area (Å²) in [6.45, 7) is 11.1. The summed E-state index contributed by atoms with van der Waals surface area (Å²) < 4.78 is 19.1. The number of hydrogen-bond donors (Lipinski definition) is 2. The smallest absolute Gasteiger partial charge is 0.330 e. The van der Waals surface area contributed by atoms with Gasteiger partial charge in [-0.05, 0) is 0 Å². The van der Waals surface area contributed by atoms with Crippen LogP contribution < -0.4 is 10.6 Å². The van der Waals surface area contributed by atoms with Gasteiger partial charge in [-0.2, -0.15) is 0 Å². The van der Waals surface area contributed by atoms with Crippen molar-refractivity contribution in [2.75, 3.05) is 26.4 Å². The van der Waals surface area contributed by atoms with Gasteiger partial charge in [0.1, 0.15) is 26.4 Å². The largest absolute Gasteiger partial charge is 0.460 e. The van der Waals surface area contributed by atoms with Crippen LogP contribution in [0.5, 0.6) is 0 Å². The number of rotatable bonds is 14. The molecule has 2 N–H and O–H groups in total. The van der Waals surface area contributed by atoms with Crippen molar-refractivity contribution in [1.29, 1.82) is 0 Å². The monoisotopic (exact) mass is 452 g/mol. The minimum absolute atomic E-state index is 0.439. The number of carbonyl (C=O) groups excluding carboxylic acids is 6. The van der Waals surface area contributed by atoms with Gasteiger partial charge in [0, 0.05) is 24.3 Å². The minimum Gasteiger partial charge on any atom is -0.460 e. The molecule has 0 aliphatic rings. The molecule has 0 radical (unpaired) electrons. The maximum Gasteiger partial charge on any atom is 0.330 e. The molecule has 0 heterocycles. The van der Waals surface area contributed by atoms with E-state index in [-0.39, 0.29) is 0 Å². The van der Waals surface area contributed by atoms with Crippen LogP contribution >= 0.6 is 0 Å². The van der Waals surface area contributed by atoms with Crippen LogP contribution in [0.3, 0.4) is 0 Å². The van der Waals surface area contributed by atoms with Gasteiger partial charge in [-0.3, -0.25) is 9.59 Å². The quantitative estimate of drug-likeness (QED) is 0.143. The van der Waals surface area contributed by atoms with Crippen LogP contribution in [0.2, 0.25) is 0 Å². The normalized spacial score (nSPS) is 9.69. The second-order valence-corrected chi connectivity index (χ2v) is 5.68. The van der Waals surface area contributed by atoms with Crippen molar-refractivity contribution in [3.05, 3.63) is 50.6 Å². The number of amides is 2. The lowest BCUT2D eigenvalue weighted by molar-refractivity contribution is -0.147. The lowest BCUT2D eigenvalue weighted by Gasteiger charge is -2.20. The highest BCUT2D eigenvalue weighted by Crippen LogP contribution is 1.95. The summed E-state index contributed by atoms with van der Waals surface area (Å²) in [5.41, 5.74) is 0. The van der Waals surface area contributed by atoms with Gasteiger partial charge in [0.2, 0.25) is 0 Å². The summed E-state index contributed by atoms with van der Waals surface area (Å²) in [6.07, 6.45) is 3.50. The van der Waals surface area contributed by atoms with E-state index in [1.165, 1.54) is 0 Å². The number of esters is 4. The molecule has 12 nitrogen and oxygen atoms in total. The highest BCUT2D eigenvalue weighted by molar-refractivity contribution is 6.35. The second-order valence-electron chi connectivity index (χ2n) is 5.68. The van der Waals surface area contributed by atoms with E-state index in [0.29, 0.717) is 0 Å². The summed E-state index contributed by atoms with van der Waals surface area (Å²) >= 11 is 0. The van der Waals surface area contributed by atoms with Gasteiger partial charge in [0.05, 0.1) is 12.1 Å². The van der Waals surface area contributed by atoms with Crippen molar-refractivity contribution in [2.24, 2.45) is 0 Å². The first kappa shape index (κ1) is 27.8. The van der Waals surface area contributed by atoms with Crippen LogP contribution in [0.4, 0.5) is 0 Å². The van der Waals surface area contributed by atoms with Gasteiger partial charge < -0.3 is 29.6 Å². The Morgan fingerprint density at radius 3 is 0.938 bits per heavy atom. The third kappa shape index (κ3) is 12.4. The molecule has 0 bridgehead atoms. The van der Waals surface area contributed by atoms with Crippen molar-refractivity contribution >= 4 is 35.7 Å². The number of carbonyl (C=O) groups is 6. The fraction of sp³-hybridized carbons (Fsp3) is 0.300. The van der Waals surface area contributed by atoms with Gasteiger partial charge in [0.15, 0.2) is 0 Å². The third-order valence-electron chi connectivity index (χ3n) is 3.25. The van der Waals surface area contributed by atoms with E-state index in [2.05, 4.69) is 36.9 Å². The maximum atomic E-state index is 12.2. The molecule has 0 aliphatic heterocycles. The summed E-state index contributed by atoms with van der Waals surface area (Å²) in [4.78, 5) is 69.3. The highest BCUT2D eigenvalue weighted by atomic mass is 16.6. The Hall–Kier alpha value is -4.22. The van der Waals surface area contributed by atoms with Crippen molar-refractivity contribution in [1.82, 2.24) is 10.6 Å². The summed E-state index contributed by atoms with van der Waals surface area (Å²) in [7, 11) is 0. The summed E-state index contributed by atoms with van der Waals surface area (Å²) in [6, 6.07) is -2.17. The van der Waals surface area contributed by atoms with E-state index >= 15 is 0 Å². The summed E-state index contributed by atoms with van der Waals surface area (Å²) in [5.74, 6) is -5.63. The van der Waals surface area contributed by atoms with E-state index in [0.717, 1.165) is 24.3 Å². The fourth-order valence-electron chi connectivity index (χ4n) is 1.73. The standard InChI is InChI=1S/C20H24N2O10/c1-5-15(23)29-9-13(10-30-16(24)6-2)21-19(27)20(28)22-14(11-31-17(25)7-3)12-32-18(26)8-4/h5-8,13-14H,1-4,9-12H2,(H,21,27)(H,22,28). The lowest BCUT2D eigenvalue weighted by Crippen LogP contribution is -2.52. The fourth-order valence-corrected chi connectivity index (χ4v) is 1.73. The Kier molecular flexibility index (Phi) is 13.5. The van der Waals surface area contributed by atoms with E-state index in [1.54, 1.807) is 0 Å². The molecular formula is C20H24N2O10. The predicted octanol–water partition coefficient (Wildman–Crippen LogP) is -1.13. The number of ether oxygens (including phenoxy) is 4. The van der Waals surface area contributed by atoms with E-state index in [1.807, 2.05) is 0 Å². The topological polar surface area (TPSA) is 163 Å². The molecule has 0 spiro atoms. The zero-order valence-corrected chi connectivity index (χ0v) is 17.2. The summed E-state index contributed by atoms with van der Waals surface area (Å²) in [5, 5.41) is 4.42. The average molecular weight is 452 g/mol. The number of nitrogens with one attached hydrogen (secondary N) is 2.